The molecule has 2 aliphatic rings. The first-order valence-electron chi connectivity index (χ1n) is 9.11. The highest BCUT2D eigenvalue weighted by Crippen LogP contribution is 2.27. The van der Waals surface area contributed by atoms with Gasteiger partial charge in [-0.2, -0.15) is 0 Å². The van der Waals surface area contributed by atoms with Crippen LogP contribution in [0.25, 0.3) is 0 Å². The van der Waals surface area contributed by atoms with Gasteiger partial charge in [-0.25, -0.2) is 4.79 Å². The first-order valence-corrected chi connectivity index (χ1v) is 9.11. The molecule has 1 aliphatic carbocycles. The van der Waals surface area contributed by atoms with Gasteiger partial charge in [0.25, 0.3) is 0 Å². The van der Waals surface area contributed by atoms with E-state index in [2.05, 4.69) is 34.5 Å². The second-order valence-electron chi connectivity index (χ2n) is 7.43. The van der Waals surface area contributed by atoms with Gasteiger partial charge >= 0.3 is 6.03 Å². The number of piperidine rings is 1. The van der Waals surface area contributed by atoms with E-state index in [9.17, 15) is 9.90 Å². The van der Waals surface area contributed by atoms with Gasteiger partial charge < -0.3 is 25.5 Å². The third-order valence-electron chi connectivity index (χ3n) is 5.36. The van der Waals surface area contributed by atoms with E-state index in [4.69, 9.17) is 0 Å². The van der Waals surface area contributed by atoms with Crippen LogP contribution < -0.4 is 10.6 Å². The lowest BCUT2D eigenvalue weighted by molar-refractivity contribution is 0.00718. The van der Waals surface area contributed by atoms with Crippen LogP contribution in [0.5, 0.6) is 0 Å². The zero-order valence-electron chi connectivity index (χ0n) is 14.8. The van der Waals surface area contributed by atoms with Crippen molar-refractivity contribution in [2.24, 2.45) is 0 Å². The van der Waals surface area contributed by atoms with Gasteiger partial charge in [0.1, 0.15) is 0 Å². The molecule has 2 amide bonds. The largest absolute Gasteiger partial charge is 0.388 e. The summed E-state index contributed by atoms with van der Waals surface area (Å²) in [6.07, 6.45) is 7.31. The standard InChI is InChI=1S/C17H34N4O2/c1-20(2)15-6-11-21(12-7-15)13-10-18-16(22)19-14-17(23)8-4-3-5-9-17/h15,23H,3-14H2,1-2H3,(H2,18,19,22). The Balaban J connectivity index is 1.55. The highest BCUT2D eigenvalue weighted by atomic mass is 16.3. The molecule has 23 heavy (non-hydrogen) atoms. The summed E-state index contributed by atoms with van der Waals surface area (Å²) in [6, 6.07) is 0.533. The molecule has 1 saturated heterocycles. The van der Waals surface area contributed by atoms with Crippen LogP contribution in [0, 0.1) is 0 Å². The van der Waals surface area contributed by atoms with Gasteiger partial charge in [0.2, 0.25) is 0 Å². The molecule has 1 heterocycles. The fourth-order valence-electron chi connectivity index (χ4n) is 3.68. The van der Waals surface area contributed by atoms with E-state index in [0.29, 0.717) is 19.1 Å². The van der Waals surface area contributed by atoms with Crippen LogP contribution in [0.2, 0.25) is 0 Å². The molecule has 2 rings (SSSR count). The van der Waals surface area contributed by atoms with Crippen LogP contribution in [-0.2, 0) is 0 Å². The summed E-state index contributed by atoms with van der Waals surface area (Å²) in [5, 5.41) is 16.1. The molecule has 6 nitrogen and oxygen atoms in total. The third-order valence-corrected chi connectivity index (χ3v) is 5.36. The number of urea groups is 1. The molecule has 0 atom stereocenters. The molecule has 1 saturated carbocycles. The summed E-state index contributed by atoms with van der Waals surface area (Å²) in [6.45, 7) is 4.14. The number of nitrogens with zero attached hydrogens (tertiary/aromatic N) is 2. The van der Waals surface area contributed by atoms with E-state index in [1.54, 1.807) is 0 Å². The van der Waals surface area contributed by atoms with Gasteiger partial charge in [-0.15, -0.1) is 0 Å². The number of likely N-dealkylation sites (tertiary alicyclic amines) is 1. The van der Waals surface area contributed by atoms with E-state index in [1.165, 1.54) is 19.3 Å². The Morgan fingerprint density at radius 1 is 1.17 bits per heavy atom. The van der Waals surface area contributed by atoms with Gasteiger partial charge in [0.15, 0.2) is 0 Å². The predicted octanol–water partition coefficient (Wildman–Crippen LogP) is 1.01. The quantitative estimate of drug-likeness (QED) is 0.681. The lowest BCUT2D eigenvalue weighted by Crippen LogP contribution is -2.49. The Morgan fingerprint density at radius 3 is 2.43 bits per heavy atom. The second-order valence-corrected chi connectivity index (χ2v) is 7.43. The number of nitrogens with one attached hydrogen (secondary N) is 2. The van der Waals surface area contributed by atoms with Gasteiger partial charge in [-0.05, 0) is 52.9 Å². The molecule has 0 unspecified atom stereocenters. The normalized spacial score (nSPS) is 23.0. The molecule has 0 radical (unpaired) electrons. The monoisotopic (exact) mass is 326 g/mol. The molecule has 0 aromatic heterocycles. The Bertz CT molecular complexity index is 362. The average molecular weight is 326 g/mol. The average Bonchev–Trinajstić information content (AvgIpc) is 2.54. The minimum Gasteiger partial charge on any atom is -0.388 e. The van der Waals surface area contributed by atoms with Crippen molar-refractivity contribution < 1.29 is 9.90 Å². The molecule has 0 aromatic rings. The summed E-state index contributed by atoms with van der Waals surface area (Å²) in [5.74, 6) is 0. The molecule has 0 aromatic carbocycles. The molecule has 3 N–H and O–H groups in total. The number of carbonyl (C=O) groups excluding carboxylic acids is 1. The summed E-state index contributed by atoms with van der Waals surface area (Å²) in [7, 11) is 4.29. The summed E-state index contributed by atoms with van der Waals surface area (Å²) >= 11 is 0. The lowest BCUT2D eigenvalue weighted by Gasteiger charge is -2.35. The third kappa shape index (κ3) is 6.28. The number of hydrogen-bond acceptors (Lipinski definition) is 4. The maximum Gasteiger partial charge on any atom is 0.314 e. The first kappa shape index (κ1) is 18.5. The van der Waals surface area contributed by atoms with E-state index in [1.807, 2.05) is 0 Å². The summed E-state index contributed by atoms with van der Waals surface area (Å²) < 4.78 is 0. The van der Waals surface area contributed by atoms with Crippen molar-refractivity contribution in [2.75, 3.05) is 46.8 Å². The van der Waals surface area contributed by atoms with Crippen LogP contribution >= 0.6 is 0 Å². The minimum absolute atomic E-state index is 0.160. The lowest BCUT2D eigenvalue weighted by atomic mass is 9.85. The maximum absolute atomic E-state index is 11.9. The van der Waals surface area contributed by atoms with Crippen LogP contribution in [0.3, 0.4) is 0 Å². The predicted molar refractivity (Wildman–Crippen MR) is 92.6 cm³/mol. The molecular weight excluding hydrogens is 292 g/mol. The zero-order chi connectivity index (χ0) is 16.7. The van der Waals surface area contributed by atoms with E-state index < -0.39 is 5.60 Å². The fraction of sp³-hybridized carbons (Fsp3) is 0.941. The second kappa shape index (κ2) is 8.85. The van der Waals surface area contributed by atoms with Crippen LogP contribution in [-0.4, -0.2) is 79.4 Å². The number of hydrogen-bond donors (Lipinski definition) is 3. The van der Waals surface area contributed by atoms with Gasteiger partial charge in [-0.3, -0.25) is 0 Å². The topological polar surface area (TPSA) is 67.8 Å². The molecular formula is C17H34N4O2. The summed E-state index contributed by atoms with van der Waals surface area (Å²) in [4.78, 5) is 16.6. The first-order chi connectivity index (χ1) is 11.0. The minimum atomic E-state index is -0.691. The van der Waals surface area contributed by atoms with E-state index in [0.717, 1.165) is 45.3 Å². The van der Waals surface area contributed by atoms with Crippen molar-refractivity contribution in [2.45, 2.75) is 56.6 Å². The van der Waals surface area contributed by atoms with Crippen molar-refractivity contribution in [1.29, 1.82) is 0 Å². The Hall–Kier alpha value is -0.850. The number of carbonyl (C=O) groups is 1. The molecule has 6 heteroatoms. The smallest absolute Gasteiger partial charge is 0.314 e. The number of rotatable bonds is 6. The van der Waals surface area contributed by atoms with Gasteiger partial charge in [0.05, 0.1) is 5.60 Å². The van der Waals surface area contributed by atoms with Crippen LogP contribution in [0.4, 0.5) is 4.79 Å². The van der Waals surface area contributed by atoms with Crippen molar-refractivity contribution in [3.05, 3.63) is 0 Å². The molecule has 1 aliphatic heterocycles. The zero-order valence-corrected chi connectivity index (χ0v) is 14.8. The Morgan fingerprint density at radius 2 is 1.83 bits per heavy atom. The Kier molecular flexibility index (Phi) is 7.11. The van der Waals surface area contributed by atoms with Crippen LogP contribution in [0.1, 0.15) is 44.9 Å². The molecule has 134 valence electrons. The maximum atomic E-state index is 11.9. The van der Waals surface area contributed by atoms with Crippen molar-refractivity contribution >= 4 is 6.03 Å². The number of aliphatic hydroxyl groups is 1. The van der Waals surface area contributed by atoms with E-state index in [-0.39, 0.29) is 6.03 Å². The SMILES string of the molecule is CN(C)C1CCN(CCNC(=O)NCC2(O)CCCCC2)CC1. The van der Waals surface area contributed by atoms with Crippen molar-refractivity contribution in [3.8, 4) is 0 Å². The van der Waals surface area contributed by atoms with Crippen molar-refractivity contribution in [3.63, 3.8) is 0 Å². The van der Waals surface area contributed by atoms with E-state index >= 15 is 0 Å². The van der Waals surface area contributed by atoms with Gasteiger partial charge in [-0.1, -0.05) is 19.3 Å². The Labute approximate surface area is 140 Å². The van der Waals surface area contributed by atoms with Crippen molar-refractivity contribution in [1.82, 2.24) is 20.4 Å². The molecule has 2 fully saturated rings. The molecule has 0 spiro atoms. The fourth-order valence-corrected chi connectivity index (χ4v) is 3.68. The van der Waals surface area contributed by atoms with Gasteiger partial charge in [0, 0.05) is 25.7 Å². The highest BCUT2D eigenvalue weighted by Gasteiger charge is 2.29. The molecule has 0 bridgehead atoms. The number of amides is 2. The van der Waals surface area contributed by atoms with Crippen LogP contribution in [0.15, 0.2) is 0 Å². The summed E-state index contributed by atoms with van der Waals surface area (Å²) in [5.41, 5.74) is -0.691. The highest BCUT2D eigenvalue weighted by molar-refractivity contribution is 5.73.